The zero-order valence-corrected chi connectivity index (χ0v) is 17.0. The standard InChI is InChI=1S/C21H27N5O3/c1-24(10-3-9-22)12-14-8-11-25(13-14)17-7-6-16-18(19(17)29-2)26(15-4-5-15)21(28)23-20(16)27/h6-7,14-15H,3-5,8,10-13H2,1-2H3,(H,23,27,28). The molecule has 0 amide bonds. The molecule has 4 rings (SSSR count). The van der Waals surface area contributed by atoms with Crippen LogP contribution in [0.5, 0.6) is 5.75 Å². The summed E-state index contributed by atoms with van der Waals surface area (Å²) < 4.78 is 7.47. The number of benzene rings is 1. The van der Waals surface area contributed by atoms with E-state index in [4.69, 9.17) is 10.00 Å². The number of nitrogens with zero attached hydrogens (tertiary/aromatic N) is 4. The molecule has 1 saturated carbocycles. The molecule has 2 aromatic rings. The smallest absolute Gasteiger partial charge is 0.329 e. The Hall–Kier alpha value is -2.79. The Kier molecular flexibility index (Phi) is 5.33. The molecular formula is C21H27N5O3. The summed E-state index contributed by atoms with van der Waals surface area (Å²) in [6.45, 7) is 3.51. The van der Waals surface area contributed by atoms with Crippen molar-refractivity contribution in [3.05, 3.63) is 33.0 Å². The monoisotopic (exact) mass is 397 g/mol. The Morgan fingerprint density at radius 2 is 2.10 bits per heavy atom. The van der Waals surface area contributed by atoms with Crippen LogP contribution in [-0.2, 0) is 0 Å². The minimum Gasteiger partial charge on any atom is -0.492 e. The number of hydrogen-bond acceptors (Lipinski definition) is 6. The fourth-order valence-corrected chi connectivity index (χ4v) is 4.41. The number of fused-ring (bicyclic) bond motifs is 1. The lowest BCUT2D eigenvalue weighted by Gasteiger charge is -2.24. The van der Waals surface area contributed by atoms with Crippen molar-refractivity contribution in [1.82, 2.24) is 14.5 Å². The van der Waals surface area contributed by atoms with E-state index in [2.05, 4.69) is 27.9 Å². The number of nitriles is 1. The first-order valence-electron chi connectivity index (χ1n) is 10.2. The Bertz CT molecular complexity index is 1060. The molecule has 0 bridgehead atoms. The van der Waals surface area contributed by atoms with Gasteiger partial charge in [-0.15, -0.1) is 0 Å². The highest BCUT2D eigenvalue weighted by Gasteiger charge is 2.31. The van der Waals surface area contributed by atoms with E-state index >= 15 is 0 Å². The Morgan fingerprint density at radius 1 is 1.31 bits per heavy atom. The molecule has 0 radical (unpaired) electrons. The predicted octanol–water partition coefficient (Wildman–Crippen LogP) is 1.71. The highest BCUT2D eigenvalue weighted by Crippen LogP contribution is 2.41. The molecule has 1 aliphatic heterocycles. The molecule has 29 heavy (non-hydrogen) atoms. The van der Waals surface area contributed by atoms with Gasteiger partial charge in [0.15, 0.2) is 5.75 Å². The number of rotatable bonds is 7. The fraction of sp³-hybridized carbons (Fsp3) is 0.571. The summed E-state index contributed by atoms with van der Waals surface area (Å²) in [6, 6.07) is 6.06. The van der Waals surface area contributed by atoms with Crippen LogP contribution in [0.25, 0.3) is 10.9 Å². The molecule has 2 fully saturated rings. The van der Waals surface area contributed by atoms with Crippen LogP contribution in [-0.4, -0.2) is 54.8 Å². The van der Waals surface area contributed by atoms with Gasteiger partial charge in [-0.2, -0.15) is 5.26 Å². The van der Waals surface area contributed by atoms with Crippen LogP contribution in [0.1, 0.15) is 31.7 Å². The molecule has 1 aliphatic carbocycles. The Balaban J connectivity index is 1.67. The van der Waals surface area contributed by atoms with Gasteiger partial charge in [-0.3, -0.25) is 14.3 Å². The topological polar surface area (TPSA) is 94.4 Å². The first kappa shape index (κ1) is 19.5. The van der Waals surface area contributed by atoms with Gasteiger partial charge in [-0.05, 0) is 44.4 Å². The molecule has 1 aromatic carbocycles. The second-order valence-corrected chi connectivity index (χ2v) is 8.15. The summed E-state index contributed by atoms with van der Waals surface area (Å²) in [5.41, 5.74) is 0.807. The molecule has 8 nitrogen and oxygen atoms in total. The zero-order chi connectivity index (χ0) is 20.5. The minimum atomic E-state index is -0.370. The molecule has 2 heterocycles. The highest BCUT2D eigenvalue weighted by atomic mass is 16.5. The van der Waals surface area contributed by atoms with Gasteiger partial charge in [0.25, 0.3) is 5.56 Å². The lowest BCUT2D eigenvalue weighted by molar-refractivity contribution is 0.292. The van der Waals surface area contributed by atoms with Crippen LogP contribution >= 0.6 is 0 Å². The third kappa shape index (κ3) is 3.75. The zero-order valence-electron chi connectivity index (χ0n) is 17.0. The first-order chi connectivity index (χ1) is 14.0. The van der Waals surface area contributed by atoms with Gasteiger partial charge in [-0.25, -0.2) is 4.79 Å². The first-order valence-corrected chi connectivity index (χ1v) is 10.2. The predicted molar refractivity (Wildman–Crippen MR) is 112 cm³/mol. The van der Waals surface area contributed by atoms with E-state index in [0.717, 1.165) is 51.1 Å². The maximum absolute atomic E-state index is 12.5. The van der Waals surface area contributed by atoms with Gasteiger partial charge in [0.2, 0.25) is 0 Å². The van der Waals surface area contributed by atoms with Gasteiger partial charge in [0.1, 0.15) is 5.52 Å². The second kappa shape index (κ2) is 7.91. The summed E-state index contributed by atoms with van der Waals surface area (Å²) in [7, 11) is 3.65. The molecule has 1 unspecified atom stereocenters. The van der Waals surface area contributed by atoms with Gasteiger partial charge in [0, 0.05) is 38.6 Å². The van der Waals surface area contributed by atoms with Gasteiger partial charge >= 0.3 is 5.69 Å². The van der Waals surface area contributed by atoms with Crippen molar-refractivity contribution in [2.24, 2.45) is 5.92 Å². The van der Waals surface area contributed by atoms with Crippen molar-refractivity contribution < 1.29 is 4.74 Å². The van der Waals surface area contributed by atoms with E-state index in [1.54, 1.807) is 17.7 Å². The second-order valence-electron chi connectivity index (χ2n) is 8.15. The third-order valence-corrected chi connectivity index (χ3v) is 5.95. The SMILES string of the molecule is COc1c(N2CCC(CN(C)CCC#N)C2)ccc2c(=O)[nH]c(=O)n(C3CC3)c12. The van der Waals surface area contributed by atoms with E-state index < -0.39 is 0 Å². The number of ether oxygens (including phenoxy) is 1. The maximum atomic E-state index is 12.5. The van der Waals surface area contributed by atoms with Crippen molar-refractivity contribution in [2.75, 3.05) is 45.2 Å². The molecule has 8 heteroatoms. The molecule has 1 N–H and O–H groups in total. The van der Waals surface area contributed by atoms with Crippen LogP contribution < -0.4 is 20.9 Å². The summed E-state index contributed by atoms with van der Waals surface area (Å²) in [6.07, 6.45) is 3.48. The van der Waals surface area contributed by atoms with Crippen LogP contribution in [0.2, 0.25) is 0 Å². The van der Waals surface area contributed by atoms with Crippen molar-refractivity contribution in [3.8, 4) is 11.8 Å². The Morgan fingerprint density at radius 3 is 2.79 bits per heavy atom. The summed E-state index contributed by atoms with van der Waals surface area (Å²) in [5, 5.41) is 9.26. The quantitative estimate of drug-likeness (QED) is 0.764. The molecule has 1 atom stereocenters. The number of aromatic nitrogens is 2. The number of aromatic amines is 1. The van der Waals surface area contributed by atoms with E-state index in [9.17, 15) is 9.59 Å². The number of nitrogens with one attached hydrogen (secondary N) is 1. The van der Waals surface area contributed by atoms with Gasteiger partial charge in [-0.1, -0.05) is 0 Å². The maximum Gasteiger partial charge on any atom is 0.329 e. The molecule has 0 spiro atoms. The number of methoxy groups -OCH3 is 1. The molecular weight excluding hydrogens is 370 g/mol. The number of anilines is 1. The van der Waals surface area contributed by atoms with Crippen LogP contribution in [0.3, 0.4) is 0 Å². The lowest BCUT2D eigenvalue weighted by Crippen LogP contribution is -2.31. The molecule has 2 aliphatic rings. The molecule has 154 valence electrons. The largest absolute Gasteiger partial charge is 0.492 e. The molecule has 1 saturated heterocycles. The van der Waals surface area contributed by atoms with Crippen molar-refractivity contribution in [1.29, 1.82) is 5.26 Å². The average Bonchev–Trinajstić information content (AvgIpc) is 3.43. The van der Waals surface area contributed by atoms with Crippen molar-refractivity contribution >= 4 is 16.6 Å². The van der Waals surface area contributed by atoms with Gasteiger partial charge in [0.05, 0.1) is 24.3 Å². The average molecular weight is 397 g/mol. The lowest BCUT2D eigenvalue weighted by atomic mass is 10.1. The number of H-pyrrole nitrogens is 1. The van der Waals surface area contributed by atoms with Crippen LogP contribution in [0.15, 0.2) is 21.7 Å². The van der Waals surface area contributed by atoms with E-state index in [0.29, 0.717) is 29.0 Å². The highest BCUT2D eigenvalue weighted by molar-refractivity contribution is 5.90. The summed E-state index contributed by atoms with van der Waals surface area (Å²) >= 11 is 0. The minimum absolute atomic E-state index is 0.131. The van der Waals surface area contributed by atoms with Crippen molar-refractivity contribution in [3.63, 3.8) is 0 Å². The van der Waals surface area contributed by atoms with E-state index in [-0.39, 0.29) is 17.3 Å². The molecule has 1 aromatic heterocycles. The summed E-state index contributed by atoms with van der Waals surface area (Å²) in [5.74, 6) is 1.11. The van der Waals surface area contributed by atoms with E-state index in [1.165, 1.54) is 0 Å². The normalized spacial score (nSPS) is 19.1. The summed E-state index contributed by atoms with van der Waals surface area (Å²) in [4.78, 5) is 31.8. The third-order valence-electron chi connectivity index (χ3n) is 5.95. The van der Waals surface area contributed by atoms with Crippen LogP contribution in [0, 0.1) is 17.2 Å². The van der Waals surface area contributed by atoms with Crippen molar-refractivity contribution in [2.45, 2.75) is 31.7 Å². The van der Waals surface area contributed by atoms with E-state index in [1.807, 2.05) is 6.07 Å². The van der Waals surface area contributed by atoms with Gasteiger partial charge < -0.3 is 14.5 Å². The number of hydrogen-bond donors (Lipinski definition) is 1. The Labute approximate surface area is 169 Å². The fourth-order valence-electron chi connectivity index (χ4n) is 4.41. The van der Waals surface area contributed by atoms with Crippen LogP contribution in [0.4, 0.5) is 5.69 Å².